The van der Waals surface area contributed by atoms with E-state index < -0.39 is 0 Å². The average Bonchev–Trinajstić information content (AvgIpc) is 2.77. The number of hydrogen-bond acceptors (Lipinski definition) is 2. The van der Waals surface area contributed by atoms with Crippen molar-refractivity contribution in [3.05, 3.63) is 65.6 Å². The van der Waals surface area contributed by atoms with Crippen LogP contribution >= 0.6 is 0 Å². The Balaban J connectivity index is 1.85. The third-order valence-corrected chi connectivity index (χ3v) is 3.61. The molecule has 0 aliphatic rings. The first-order valence-corrected chi connectivity index (χ1v) is 6.93. The molecule has 0 saturated carbocycles. The molecule has 0 bridgehead atoms. The molecule has 3 aromatic rings. The summed E-state index contributed by atoms with van der Waals surface area (Å²) in [6.45, 7) is 3.99. The molecule has 4 heteroatoms. The third kappa shape index (κ3) is 2.65. The van der Waals surface area contributed by atoms with Crippen molar-refractivity contribution >= 4 is 17.2 Å². The highest BCUT2D eigenvalue weighted by atomic mass is 16.1. The number of imidazole rings is 1. The van der Waals surface area contributed by atoms with E-state index in [1.807, 2.05) is 66.9 Å². The number of aryl methyl sites for hydroxylation is 2. The first-order valence-electron chi connectivity index (χ1n) is 6.93. The molecule has 0 saturated heterocycles. The Morgan fingerprint density at radius 1 is 1.14 bits per heavy atom. The smallest absolute Gasteiger partial charge is 0.228 e. The van der Waals surface area contributed by atoms with Gasteiger partial charge in [0.05, 0.1) is 17.8 Å². The van der Waals surface area contributed by atoms with Crippen LogP contribution in [0, 0.1) is 13.8 Å². The molecule has 0 radical (unpaired) electrons. The Morgan fingerprint density at radius 3 is 2.67 bits per heavy atom. The van der Waals surface area contributed by atoms with Gasteiger partial charge in [-0.25, -0.2) is 4.98 Å². The van der Waals surface area contributed by atoms with Crippen LogP contribution in [0.5, 0.6) is 0 Å². The molecule has 3 rings (SSSR count). The molecular weight excluding hydrogens is 262 g/mol. The Morgan fingerprint density at radius 2 is 1.90 bits per heavy atom. The van der Waals surface area contributed by atoms with Crippen molar-refractivity contribution < 1.29 is 4.79 Å². The molecule has 0 atom stereocenters. The van der Waals surface area contributed by atoms with E-state index in [9.17, 15) is 4.79 Å². The second-order valence-corrected chi connectivity index (χ2v) is 5.11. The molecule has 1 N–H and O–H groups in total. The van der Waals surface area contributed by atoms with Crippen molar-refractivity contribution in [1.29, 1.82) is 0 Å². The quantitative estimate of drug-likeness (QED) is 0.800. The second kappa shape index (κ2) is 5.40. The van der Waals surface area contributed by atoms with E-state index in [0.717, 1.165) is 28.3 Å². The minimum absolute atomic E-state index is 0.0346. The highest BCUT2D eigenvalue weighted by molar-refractivity contribution is 5.95. The van der Waals surface area contributed by atoms with Crippen molar-refractivity contribution in [2.24, 2.45) is 0 Å². The first-order chi connectivity index (χ1) is 10.1. The summed E-state index contributed by atoms with van der Waals surface area (Å²) in [6, 6.07) is 13.5. The molecule has 0 unspecified atom stereocenters. The fraction of sp³-hybridized carbons (Fsp3) is 0.176. The highest BCUT2D eigenvalue weighted by Gasteiger charge is 2.11. The number of nitrogens with zero attached hydrogens (tertiary/aromatic N) is 2. The number of nitrogens with one attached hydrogen (secondary N) is 1. The van der Waals surface area contributed by atoms with Crippen LogP contribution < -0.4 is 5.32 Å². The van der Waals surface area contributed by atoms with Crippen LogP contribution in [0.1, 0.15) is 17.0 Å². The van der Waals surface area contributed by atoms with Crippen molar-refractivity contribution in [2.45, 2.75) is 20.3 Å². The van der Waals surface area contributed by atoms with Crippen LogP contribution in [0.2, 0.25) is 0 Å². The van der Waals surface area contributed by atoms with Gasteiger partial charge in [-0.15, -0.1) is 0 Å². The summed E-state index contributed by atoms with van der Waals surface area (Å²) in [5, 5.41) is 2.95. The predicted molar refractivity (Wildman–Crippen MR) is 83.4 cm³/mol. The largest absolute Gasteiger partial charge is 0.323 e. The Labute approximate surface area is 123 Å². The van der Waals surface area contributed by atoms with Gasteiger partial charge >= 0.3 is 0 Å². The Hall–Kier alpha value is -2.62. The summed E-state index contributed by atoms with van der Waals surface area (Å²) >= 11 is 0. The number of carbonyl (C=O) groups excluding carboxylic acids is 1. The highest BCUT2D eigenvalue weighted by Crippen LogP contribution is 2.19. The topological polar surface area (TPSA) is 46.4 Å². The van der Waals surface area contributed by atoms with Crippen LogP contribution in [0.25, 0.3) is 5.65 Å². The van der Waals surface area contributed by atoms with E-state index in [2.05, 4.69) is 10.3 Å². The monoisotopic (exact) mass is 279 g/mol. The molecule has 0 aliphatic carbocycles. The molecule has 106 valence electrons. The zero-order chi connectivity index (χ0) is 14.8. The number of carbonyl (C=O) groups is 1. The van der Waals surface area contributed by atoms with Crippen LogP contribution in [0.3, 0.4) is 0 Å². The summed E-state index contributed by atoms with van der Waals surface area (Å²) in [5.74, 6) is -0.0346. The van der Waals surface area contributed by atoms with Gasteiger partial charge in [0.15, 0.2) is 5.65 Å². The van der Waals surface area contributed by atoms with Crippen LogP contribution in [0.15, 0.2) is 48.7 Å². The molecule has 1 amide bonds. The molecule has 1 aromatic carbocycles. The lowest BCUT2D eigenvalue weighted by Gasteiger charge is -2.07. The number of amides is 1. The molecule has 21 heavy (non-hydrogen) atoms. The van der Waals surface area contributed by atoms with Gasteiger partial charge in [0.1, 0.15) is 0 Å². The predicted octanol–water partition coefficient (Wildman–Crippen LogP) is 3.13. The molecule has 0 spiro atoms. The molecule has 2 aromatic heterocycles. The van der Waals surface area contributed by atoms with Gasteiger partial charge in [0.25, 0.3) is 0 Å². The number of benzene rings is 1. The third-order valence-electron chi connectivity index (χ3n) is 3.61. The minimum atomic E-state index is -0.0346. The van der Waals surface area contributed by atoms with Crippen molar-refractivity contribution in [3.63, 3.8) is 0 Å². The summed E-state index contributed by atoms with van der Waals surface area (Å²) < 4.78 is 1.99. The zero-order valence-electron chi connectivity index (χ0n) is 12.1. The fourth-order valence-corrected chi connectivity index (χ4v) is 2.37. The number of pyridine rings is 1. The summed E-state index contributed by atoms with van der Waals surface area (Å²) in [5.41, 5.74) is 4.59. The van der Waals surface area contributed by atoms with E-state index in [1.165, 1.54) is 0 Å². The second-order valence-electron chi connectivity index (χ2n) is 5.11. The van der Waals surface area contributed by atoms with Crippen molar-refractivity contribution in [3.8, 4) is 0 Å². The van der Waals surface area contributed by atoms with Crippen LogP contribution in [0.4, 0.5) is 5.69 Å². The molecule has 4 nitrogen and oxygen atoms in total. The number of anilines is 1. The number of fused-ring (bicyclic) bond motifs is 1. The fourth-order valence-electron chi connectivity index (χ4n) is 2.37. The van der Waals surface area contributed by atoms with Gasteiger partial charge in [0, 0.05) is 11.9 Å². The Kier molecular flexibility index (Phi) is 3.44. The normalized spacial score (nSPS) is 10.8. The molecule has 2 heterocycles. The van der Waals surface area contributed by atoms with Crippen LogP contribution in [-0.4, -0.2) is 15.3 Å². The van der Waals surface area contributed by atoms with E-state index in [-0.39, 0.29) is 5.91 Å². The number of hydrogen-bond donors (Lipinski definition) is 1. The maximum atomic E-state index is 12.2. The van der Waals surface area contributed by atoms with Crippen LogP contribution in [-0.2, 0) is 11.2 Å². The Bertz CT molecular complexity index is 790. The number of aromatic nitrogens is 2. The summed E-state index contributed by atoms with van der Waals surface area (Å²) in [4.78, 5) is 16.7. The standard InChI is InChI=1S/C17H17N3O/c1-12-13(2)20-10-6-9-15(17(20)18-12)19-16(21)11-14-7-4-3-5-8-14/h3-10H,11H2,1-2H3,(H,19,21). The average molecular weight is 279 g/mol. The van der Waals surface area contributed by atoms with Gasteiger partial charge in [0.2, 0.25) is 5.91 Å². The number of rotatable bonds is 3. The minimum Gasteiger partial charge on any atom is -0.323 e. The van der Waals surface area contributed by atoms with E-state index in [1.54, 1.807) is 0 Å². The maximum Gasteiger partial charge on any atom is 0.228 e. The SMILES string of the molecule is Cc1nc2c(NC(=O)Cc3ccccc3)cccn2c1C. The molecular formula is C17H17N3O. The summed E-state index contributed by atoms with van der Waals surface area (Å²) in [7, 11) is 0. The van der Waals surface area contributed by atoms with Gasteiger partial charge < -0.3 is 9.72 Å². The molecule has 0 aliphatic heterocycles. The lowest BCUT2D eigenvalue weighted by Crippen LogP contribution is -2.15. The van der Waals surface area contributed by atoms with E-state index >= 15 is 0 Å². The maximum absolute atomic E-state index is 12.2. The van der Waals surface area contributed by atoms with Gasteiger partial charge in [-0.1, -0.05) is 30.3 Å². The van der Waals surface area contributed by atoms with Crippen molar-refractivity contribution in [2.75, 3.05) is 5.32 Å². The van der Waals surface area contributed by atoms with Crippen molar-refractivity contribution in [1.82, 2.24) is 9.38 Å². The lowest BCUT2D eigenvalue weighted by molar-refractivity contribution is -0.115. The van der Waals surface area contributed by atoms with E-state index in [4.69, 9.17) is 0 Å². The lowest BCUT2D eigenvalue weighted by atomic mass is 10.1. The van der Waals surface area contributed by atoms with Gasteiger partial charge in [-0.3, -0.25) is 4.79 Å². The van der Waals surface area contributed by atoms with Gasteiger partial charge in [-0.2, -0.15) is 0 Å². The summed E-state index contributed by atoms with van der Waals surface area (Å²) in [6.07, 6.45) is 2.32. The first kappa shape index (κ1) is 13.4. The molecule has 0 fully saturated rings. The zero-order valence-corrected chi connectivity index (χ0v) is 12.1. The van der Waals surface area contributed by atoms with Gasteiger partial charge in [-0.05, 0) is 31.5 Å². The van der Waals surface area contributed by atoms with E-state index in [0.29, 0.717) is 6.42 Å².